The molecule has 1 aromatic carbocycles. The van der Waals surface area contributed by atoms with E-state index >= 15 is 0 Å². The average Bonchev–Trinajstić information content (AvgIpc) is 3.20. The van der Waals surface area contributed by atoms with E-state index in [9.17, 15) is 9.90 Å². The van der Waals surface area contributed by atoms with E-state index in [1.54, 1.807) is 0 Å². The van der Waals surface area contributed by atoms with Crippen LogP contribution in [0, 0.1) is 17.3 Å². The minimum atomic E-state index is -0.114. The highest BCUT2D eigenvalue weighted by Gasteiger charge is 2.54. The lowest BCUT2D eigenvalue weighted by Crippen LogP contribution is -2.43. The van der Waals surface area contributed by atoms with E-state index < -0.39 is 0 Å². The molecule has 208 valence electrons. The molecule has 0 aromatic heterocycles. The van der Waals surface area contributed by atoms with Crippen LogP contribution < -0.4 is 4.74 Å². The minimum absolute atomic E-state index is 0.0786. The average molecular weight is 511 g/mol. The zero-order valence-electron chi connectivity index (χ0n) is 23.9. The van der Waals surface area contributed by atoms with Crippen LogP contribution in [0.25, 0.3) is 0 Å². The summed E-state index contributed by atoms with van der Waals surface area (Å²) < 4.78 is 5.75. The van der Waals surface area contributed by atoms with Gasteiger partial charge < -0.3 is 9.84 Å². The van der Waals surface area contributed by atoms with Gasteiger partial charge in [0.2, 0.25) is 0 Å². The molecule has 3 heteroatoms. The lowest BCUT2D eigenvalue weighted by molar-refractivity contribution is -0.134. The molecule has 0 heterocycles. The van der Waals surface area contributed by atoms with Gasteiger partial charge in [-0.3, -0.25) is 4.79 Å². The maximum absolute atomic E-state index is 12.5. The summed E-state index contributed by atoms with van der Waals surface area (Å²) >= 11 is 0. The molecule has 3 nitrogen and oxygen atoms in total. The van der Waals surface area contributed by atoms with Gasteiger partial charge in [0, 0.05) is 6.42 Å². The fourth-order valence-corrected chi connectivity index (χ4v) is 8.06. The molecule has 1 N–H and O–H groups in total. The lowest BCUT2D eigenvalue weighted by Gasteiger charge is -2.50. The van der Waals surface area contributed by atoms with Crippen molar-refractivity contribution in [2.75, 3.05) is 0 Å². The van der Waals surface area contributed by atoms with Gasteiger partial charge in [0.25, 0.3) is 0 Å². The summed E-state index contributed by atoms with van der Waals surface area (Å²) in [6.45, 7) is 4.61. The molecule has 0 spiro atoms. The molecule has 3 aliphatic carbocycles. The predicted octanol–water partition coefficient (Wildman–Crippen LogP) is 9.29. The van der Waals surface area contributed by atoms with Crippen molar-refractivity contribution in [1.29, 1.82) is 0 Å². The van der Waals surface area contributed by atoms with Gasteiger partial charge in [-0.2, -0.15) is 0 Å². The fraction of sp³-hybridized carbons (Fsp3) is 0.794. The summed E-state index contributed by atoms with van der Waals surface area (Å²) in [7, 11) is 0. The molecule has 0 saturated heterocycles. The maximum atomic E-state index is 12.5. The Morgan fingerprint density at radius 3 is 2.22 bits per heavy atom. The second-order valence-corrected chi connectivity index (χ2v) is 12.9. The summed E-state index contributed by atoms with van der Waals surface area (Å²) in [6.07, 6.45) is 24.3. The molecule has 0 bridgehead atoms. The topological polar surface area (TPSA) is 46.5 Å². The molecule has 4 rings (SSSR count). The van der Waals surface area contributed by atoms with Gasteiger partial charge in [-0.15, -0.1) is 0 Å². The second kappa shape index (κ2) is 14.2. The number of aliphatic hydroxyl groups is 1. The van der Waals surface area contributed by atoms with Crippen molar-refractivity contribution < 1.29 is 14.6 Å². The number of esters is 1. The number of fused-ring (bicyclic) bond motifs is 5. The molecule has 0 radical (unpaired) electrons. The number of rotatable bonds is 15. The highest BCUT2D eigenvalue weighted by molar-refractivity contribution is 5.72. The number of benzene rings is 1. The van der Waals surface area contributed by atoms with E-state index in [4.69, 9.17) is 4.74 Å². The predicted molar refractivity (Wildman–Crippen MR) is 153 cm³/mol. The van der Waals surface area contributed by atoms with Crippen molar-refractivity contribution in [1.82, 2.24) is 0 Å². The van der Waals surface area contributed by atoms with Crippen LogP contribution in [-0.2, 0) is 11.2 Å². The minimum Gasteiger partial charge on any atom is -0.427 e. The number of hydrogen-bond acceptors (Lipinski definition) is 3. The fourth-order valence-electron chi connectivity index (χ4n) is 8.06. The van der Waals surface area contributed by atoms with Crippen molar-refractivity contribution >= 4 is 5.97 Å². The van der Waals surface area contributed by atoms with Crippen LogP contribution in [0.15, 0.2) is 18.2 Å². The van der Waals surface area contributed by atoms with Gasteiger partial charge in [-0.1, -0.05) is 97.0 Å². The highest BCUT2D eigenvalue weighted by atomic mass is 16.5. The Balaban J connectivity index is 1.10. The molecule has 5 atom stereocenters. The van der Waals surface area contributed by atoms with E-state index in [1.807, 2.05) is 6.07 Å². The summed E-state index contributed by atoms with van der Waals surface area (Å²) in [5.41, 5.74) is 2.99. The monoisotopic (exact) mass is 510 g/mol. The van der Waals surface area contributed by atoms with Crippen molar-refractivity contribution in [2.45, 2.75) is 154 Å². The number of aryl methyl sites for hydroxylation is 1. The molecule has 2 saturated carbocycles. The van der Waals surface area contributed by atoms with E-state index in [2.05, 4.69) is 26.0 Å². The van der Waals surface area contributed by atoms with Crippen molar-refractivity contribution in [2.24, 2.45) is 17.3 Å². The standard InChI is InChI=1S/C34H54O3/c1-3-4-5-6-7-8-9-10-11-12-13-14-15-16-33(36)37-27-18-20-28-26(25-27)17-19-30-29(28)23-24-34(2)31(30)21-22-32(34)35/h18,20,25,29-32,35H,3-17,19,21-24H2,1-2H3/t29-,30-,31+,32+,34+/m1/s1. The van der Waals surface area contributed by atoms with Crippen LogP contribution in [0.3, 0.4) is 0 Å². The van der Waals surface area contributed by atoms with Crippen LogP contribution in [0.4, 0.5) is 0 Å². The Kier molecular flexibility index (Phi) is 11.0. The van der Waals surface area contributed by atoms with E-state index in [0.29, 0.717) is 24.2 Å². The first kappa shape index (κ1) is 28.7. The third-order valence-corrected chi connectivity index (χ3v) is 10.4. The number of carbonyl (C=O) groups excluding carboxylic acids is 1. The van der Waals surface area contributed by atoms with E-state index in [-0.39, 0.29) is 17.5 Å². The molecule has 2 fully saturated rings. The van der Waals surface area contributed by atoms with Crippen LogP contribution in [0.1, 0.15) is 153 Å². The number of unbranched alkanes of at least 4 members (excludes halogenated alkanes) is 12. The van der Waals surface area contributed by atoms with E-state index in [1.165, 1.54) is 101 Å². The van der Waals surface area contributed by atoms with Crippen molar-refractivity contribution in [3.8, 4) is 5.75 Å². The van der Waals surface area contributed by atoms with Gasteiger partial charge in [0.05, 0.1) is 6.10 Å². The Morgan fingerprint density at radius 2 is 1.54 bits per heavy atom. The SMILES string of the molecule is CCCCCCCCCCCCCCCC(=O)Oc1ccc2c(c1)CC[C@@H]1[C@@H]2CC[C@]2(C)[C@@H](O)CC[C@@H]12. The number of carbonyl (C=O) groups is 1. The number of ether oxygens (including phenoxy) is 1. The van der Waals surface area contributed by atoms with Gasteiger partial charge in [-0.25, -0.2) is 0 Å². The summed E-state index contributed by atoms with van der Waals surface area (Å²) in [5.74, 6) is 2.63. The summed E-state index contributed by atoms with van der Waals surface area (Å²) in [5, 5.41) is 10.6. The number of aliphatic hydroxyl groups excluding tert-OH is 1. The molecule has 37 heavy (non-hydrogen) atoms. The van der Waals surface area contributed by atoms with Crippen LogP contribution in [-0.4, -0.2) is 17.2 Å². The summed E-state index contributed by atoms with van der Waals surface area (Å²) in [6, 6.07) is 6.42. The Hall–Kier alpha value is -1.35. The smallest absolute Gasteiger partial charge is 0.311 e. The van der Waals surface area contributed by atoms with Crippen LogP contribution >= 0.6 is 0 Å². The highest BCUT2D eigenvalue weighted by Crippen LogP contribution is 2.60. The summed E-state index contributed by atoms with van der Waals surface area (Å²) in [4.78, 5) is 12.5. The third-order valence-electron chi connectivity index (χ3n) is 10.4. The van der Waals surface area contributed by atoms with Crippen molar-refractivity contribution in [3.05, 3.63) is 29.3 Å². The normalized spacial score (nSPS) is 28.4. The first-order valence-electron chi connectivity index (χ1n) is 16.0. The molecule has 0 unspecified atom stereocenters. The third kappa shape index (κ3) is 7.40. The molecule has 0 amide bonds. The zero-order chi connectivity index (χ0) is 26.1. The second-order valence-electron chi connectivity index (χ2n) is 12.9. The first-order valence-corrected chi connectivity index (χ1v) is 16.0. The quantitative estimate of drug-likeness (QED) is 0.145. The van der Waals surface area contributed by atoms with Crippen LogP contribution in [0.5, 0.6) is 5.75 Å². The van der Waals surface area contributed by atoms with Crippen molar-refractivity contribution in [3.63, 3.8) is 0 Å². The molecular formula is C34H54O3. The maximum Gasteiger partial charge on any atom is 0.311 e. The number of hydrogen-bond donors (Lipinski definition) is 1. The van der Waals surface area contributed by atoms with E-state index in [0.717, 1.165) is 37.9 Å². The molecule has 0 aliphatic heterocycles. The lowest BCUT2D eigenvalue weighted by atomic mass is 9.55. The molecule has 3 aliphatic rings. The largest absolute Gasteiger partial charge is 0.427 e. The first-order chi connectivity index (χ1) is 18.0. The Labute approximate surface area is 227 Å². The molecule has 1 aromatic rings. The zero-order valence-corrected chi connectivity index (χ0v) is 23.9. The van der Waals surface area contributed by atoms with Gasteiger partial charge in [-0.05, 0) is 91.4 Å². The van der Waals surface area contributed by atoms with Gasteiger partial charge in [0.15, 0.2) is 0 Å². The van der Waals surface area contributed by atoms with Gasteiger partial charge in [0.1, 0.15) is 5.75 Å². The molecular weight excluding hydrogens is 456 g/mol. The Morgan fingerprint density at radius 1 is 0.892 bits per heavy atom. The Bertz CT molecular complexity index is 847. The van der Waals surface area contributed by atoms with Gasteiger partial charge >= 0.3 is 5.97 Å². The van der Waals surface area contributed by atoms with Crippen LogP contribution in [0.2, 0.25) is 0 Å².